The first-order valence-electron chi connectivity index (χ1n) is 11.9. The highest BCUT2D eigenvalue weighted by atomic mass is 15.6. The first-order chi connectivity index (χ1) is 12.9. The minimum Gasteiger partial charge on any atom is -0.299 e. The van der Waals surface area contributed by atoms with E-state index in [4.69, 9.17) is 0 Å². The lowest BCUT2D eigenvalue weighted by molar-refractivity contribution is -0.197. The molecule has 4 saturated heterocycles. The van der Waals surface area contributed by atoms with E-state index in [2.05, 4.69) is 19.6 Å². The van der Waals surface area contributed by atoms with E-state index in [0.29, 0.717) is 0 Å². The SMILES string of the molecule is C1CCN(CC(N2CCCCC2)(N2CCCCC2)N2CCCCC2)CC1. The molecule has 0 atom stereocenters. The normalized spacial score (nSPS) is 29.1. The van der Waals surface area contributed by atoms with Crippen LogP contribution in [0, 0.1) is 0 Å². The van der Waals surface area contributed by atoms with Crippen molar-refractivity contribution in [3.63, 3.8) is 0 Å². The van der Waals surface area contributed by atoms with Crippen molar-refractivity contribution in [2.24, 2.45) is 0 Å². The van der Waals surface area contributed by atoms with Crippen molar-refractivity contribution in [2.75, 3.05) is 58.9 Å². The van der Waals surface area contributed by atoms with Crippen LogP contribution in [0.15, 0.2) is 0 Å². The van der Waals surface area contributed by atoms with Crippen molar-refractivity contribution in [1.29, 1.82) is 0 Å². The summed E-state index contributed by atoms with van der Waals surface area (Å²) in [6, 6.07) is 0. The summed E-state index contributed by atoms with van der Waals surface area (Å²) in [7, 11) is 0. The Kier molecular flexibility index (Phi) is 6.90. The number of rotatable bonds is 5. The second kappa shape index (κ2) is 9.36. The molecule has 0 aromatic heterocycles. The van der Waals surface area contributed by atoms with Crippen LogP contribution in [0.1, 0.15) is 77.0 Å². The lowest BCUT2D eigenvalue weighted by Crippen LogP contribution is -2.75. The van der Waals surface area contributed by atoms with Crippen LogP contribution in [0.2, 0.25) is 0 Å². The van der Waals surface area contributed by atoms with E-state index in [-0.39, 0.29) is 5.79 Å². The molecule has 0 radical (unpaired) electrons. The lowest BCUT2D eigenvalue weighted by atomic mass is 9.98. The van der Waals surface area contributed by atoms with Crippen LogP contribution in [-0.4, -0.2) is 84.3 Å². The first-order valence-corrected chi connectivity index (χ1v) is 11.9. The van der Waals surface area contributed by atoms with Gasteiger partial charge in [0.25, 0.3) is 0 Å². The molecule has 0 amide bonds. The van der Waals surface area contributed by atoms with Crippen LogP contribution in [0.25, 0.3) is 0 Å². The van der Waals surface area contributed by atoms with Crippen molar-refractivity contribution in [3.05, 3.63) is 0 Å². The second-order valence-corrected chi connectivity index (χ2v) is 9.25. The van der Waals surface area contributed by atoms with Crippen molar-refractivity contribution in [1.82, 2.24) is 19.6 Å². The zero-order valence-corrected chi connectivity index (χ0v) is 17.1. The van der Waals surface area contributed by atoms with E-state index in [1.807, 2.05) is 0 Å². The van der Waals surface area contributed by atoms with Crippen molar-refractivity contribution in [2.45, 2.75) is 82.8 Å². The van der Waals surface area contributed by atoms with Gasteiger partial charge in [-0.15, -0.1) is 0 Å². The van der Waals surface area contributed by atoms with E-state index in [1.54, 1.807) is 0 Å². The summed E-state index contributed by atoms with van der Waals surface area (Å²) >= 11 is 0. The quantitative estimate of drug-likeness (QED) is 0.741. The van der Waals surface area contributed by atoms with Gasteiger partial charge in [0, 0.05) is 45.8 Å². The van der Waals surface area contributed by atoms with E-state index >= 15 is 0 Å². The fourth-order valence-electron chi connectivity index (χ4n) is 6.07. The molecule has 4 nitrogen and oxygen atoms in total. The molecule has 150 valence electrons. The molecule has 4 fully saturated rings. The van der Waals surface area contributed by atoms with E-state index in [0.717, 1.165) is 0 Å². The van der Waals surface area contributed by atoms with Crippen LogP contribution in [0.3, 0.4) is 0 Å². The average Bonchev–Trinajstić information content (AvgIpc) is 2.75. The minimum atomic E-state index is 0.193. The third kappa shape index (κ3) is 4.14. The Hall–Kier alpha value is -0.160. The third-order valence-corrected chi connectivity index (χ3v) is 7.47. The average molecular weight is 363 g/mol. The number of nitrogens with zero attached hydrogens (tertiary/aromatic N) is 4. The van der Waals surface area contributed by atoms with Gasteiger partial charge in [-0.05, 0) is 64.5 Å². The molecular weight excluding hydrogens is 320 g/mol. The summed E-state index contributed by atoms with van der Waals surface area (Å²) in [6.07, 6.45) is 17.0. The molecule has 0 aromatic rings. The topological polar surface area (TPSA) is 13.0 Å². The molecule has 0 aliphatic carbocycles. The maximum absolute atomic E-state index is 2.95. The molecule has 0 bridgehead atoms. The Labute approximate surface area is 161 Å². The fourth-order valence-corrected chi connectivity index (χ4v) is 6.07. The fraction of sp³-hybridized carbons (Fsp3) is 1.00. The van der Waals surface area contributed by atoms with Gasteiger partial charge in [-0.25, -0.2) is 0 Å². The minimum absolute atomic E-state index is 0.193. The number of piperidine rings is 4. The van der Waals surface area contributed by atoms with Gasteiger partial charge >= 0.3 is 0 Å². The molecule has 0 aromatic carbocycles. The van der Waals surface area contributed by atoms with Crippen molar-refractivity contribution in [3.8, 4) is 0 Å². The van der Waals surface area contributed by atoms with E-state index in [1.165, 1.54) is 136 Å². The zero-order valence-electron chi connectivity index (χ0n) is 17.1. The van der Waals surface area contributed by atoms with Crippen LogP contribution in [0.5, 0.6) is 0 Å². The Morgan fingerprint density at radius 1 is 0.385 bits per heavy atom. The summed E-state index contributed by atoms with van der Waals surface area (Å²) < 4.78 is 0. The highest BCUT2D eigenvalue weighted by Gasteiger charge is 2.48. The van der Waals surface area contributed by atoms with E-state index in [9.17, 15) is 0 Å². The Morgan fingerprint density at radius 2 is 0.692 bits per heavy atom. The molecule has 4 aliphatic rings. The molecule has 0 unspecified atom stereocenters. The van der Waals surface area contributed by atoms with Crippen LogP contribution in [-0.2, 0) is 0 Å². The summed E-state index contributed by atoms with van der Waals surface area (Å²) in [5, 5.41) is 0. The standard InChI is InChI=1S/C22H42N4/c1-5-13-23(14-6-1)21-22(24-15-7-2-8-16-24,25-17-9-3-10-18-25)26-19-11-4-12-20-26/h1-21H2. The highest BCUT2D eigenvalue weighted by molar-refractivity contribution is 4.97. The number of hydrogen-bond acceptors (Lipinski definition) is 4. The predicted octanol–water partition coefficient (Wildman–Crippen LogP) is 3.58. The van der Waals surface area contributed by atoms with Gasteiger partial charge < -0.3 is 0 Å². The second-order valence-electron chi connectivity index (χ2n) is 9.25. The lowest BCUT2D eigenvalue weighted by Gasteiger charge is -2.60. The van der Waals surface area contributed by atoms with Gasteiger partial charge in [-0.1, -0.05) is 25.7 Å². The molecular formula is C22H42N4. The molecule has 4 rings (SSSR count). The van der Waals surface area contributed by atoms with Crippen molar-refractivity contribution >= 4 is 0 Å². The summed E-state index contributed by atoms with van der Waals surface area (Å²) in [5.41, 5.74) is 0. The third-order valence-electron chi connectivity index (χ3n) is 7.47. The zero-order chi connectivity index (χ0) is 17.7. The molecule has 4 heterocycles. The number of likely N-dealkylation sites (tertiary alicyclic amines) is 4. The first kappa shape index (κ1) is 19.2. The molecule has 4 aliphatic heterocycles. The van der Waals surface area contributed by atoms with Gasteiger partial charge in [0.15, 0.2) is 0 Å². The maximum atomic E-state index is 2.95. The summed E-state index contributed by atoms with van der Waals surface area (Å²) in [6.45, 7) is 11.9. The Morgan fingerprint density at radius 3 is 1.04 bits per heavy atom. The van der Waals surface area contributed by atoms with Gasteiger partial charge in [0.2, 0.25) is 0 Å². The van der Waals surface area contributed by atoms with E-state index < -0.39 is 0 Å². The smallest absolute Gasteiger partial charge is 0.144 e. The summed E-state index contributed by atoms with van der Waals surface area (Å²) in [4.78, 5) is 11.7. The Balaban J connectivity index is 1.64. The van der Waals surface area contributed by atoms with Gasteiger partial charge in [0.1, 0.15) is 5.79 Å². The molecule has 4 heteroatoms. The molecule has 0 saturated carbocycles. The molecule has 0 spiro atoms. The van der Waals surface area contributed by atoms with Gasteiger partial charge in [0.05, 0.1) is 0 Å². The van der Waals surface area contributed by atoms with Crippen LogP contribution >= 0.6 is 0 Å². The van der Waals surface area contributed by atoms with Gasteiger partial charge in [-0.2, -0.15) is 0 Å². The molecule has 26 heavy (non-hydrogen) atoms. The monoisotopic (exact) mass is 362 g/mol. The van der Waals surface area contributed by atoms with Gasteiger partial charge in [-0.3, -0.25) is 19.6 Å². The summed E-state index contributed by atoms with van der Waals surface area (Å²) in [5.74, 6) is 0.193. The number of hydrogen-bond donors (Lipinski definition) is 0. The Bertz CT molecular complexity index is 357. The van der Waals surface area contributed by atoms with Crippen molar-refractivity contribution < 1.29 is 0 Å². The van der Waals surface area contributed by atoms with Crippen LogP contribution in [0.4, 0.5) is 0 Å². The highest BCUT2D eigenvalue weighted by Crippen LogP contribution is 2.35. The molecule has 0 N–H and O–H groups in total. The predicted molar refractivity (Wildman–Crippen MR) is 109 cm³/mol. The largest absolute Gasteiger partial charge is 0.299 e. The van der Waals surface area contributed by atoms with Crippen LogP contribution < -0.4 is 0 Å². The maximum Gasteiger partial charge on any atom is 0.144 e.